The van der Waals surface area contributed by atoms with Crippen LogP contribution in [0.3, 0.4) is 0 Å². The fraction of sp³-hybridized carbons (Fsp3) is 0.400. The van der Waals surface area contributed by atoms with E-state index in [4.69, 9.17) is 4.98 Å². The van der Waals surface area contributed by atoms with Gasteiger partial charge >= 0.3 is 6.18 Å². The average Bonchev–Trinajstić information content (AvgIpc) is 3.04. The zero-order chi connectivity index (χ0) is 19.9. The van der Waals surface area contributed by atoms with Gasteiger partial charge in [0.2, 0.25) is 0 Å². The molecule has 0 saturated heterocycles. The van der Waals surface area contributed by atoms with Gasteiger partial charge in [0.15, 0.2) is 5.16 Å². The SMILES string of the molecule is CCCSc1nc2sc3c(c2c(=O)n1-c1cccc(C(F)(F)F)c1)CCCC3. The first-order chi connectivity index (χ1) is 13.4. The highest BCUT2D eigenvalue weighted by Gasteiger charge is 2.31. The summed E-state index contributed by atoms with van der Waals surface area (Å²) in [7, 11) is 0. The normalized spacial score (nSPS) is 14.4. The Kier molecular flexibility index (Phi) is 5.26. The largest absolute Gasteiger partial charge is 0.416 e. The van der Waals surface area contributed by atoms with Crippen LogP contribution in [0.5, 0.6) is 0 Å². The Morgan fingerprint density at radius 1 is 1.25 bits per heavy atom. The van der Waals surface area contributed by atoms with E-state index in [0.717, 1.165) is 55.6 Å². The molecule has 0 unspecified atom stereocenters. The molecule has 0 atom stereocenters. The van der Waals surface area contributed by atoms with Crippen LogP contribution in [0.2, 0.25) is 0 Å². The van der Waals surface area contributed by atoms with E-state index in [-0.39, 0.29) is 11.2 Å². The van der Waals surface area contributed by atoms with Crippen molar-refractivity contribution in [1.82, 2.24) is 9.55 Å². The van der Waals surface area contributed by atoms with Crippen LogP contribution in [0, 0.1) is 0 Å². The molecule has 0 spiro atoms. The lowest BCUT2D eigenvalue weighted by Crippen LogP contribution is -2.22. The van der Waals surface area contributed by atoms with Gasteiger partial charge in [0.25, 0.3) is 5.56 Å². The molecule has 0 amide bonds. The lowest BCUT2D eigenvalue weighted by Gasteiger charge is -2.15. The van der Waals surface area contributed by atoms with Gasteiger partial charge in [-0.3, -0.25) is 9.36 Å². The van der Waals surface area contributed by atoms with Crippen molar-refractivity contribution in [2.24, 2.45) is 0 Å². The van der Waals surface area contributed by atoms with Crippen LogP contribution in [0.25, 0.3) is 15.9 Å². The Hall–Kier alpha value is -1.80. The zero-order valence-electron chi connectivity index (χ0n) is 15.3. The van der Waals surface area contributed by atoms with Crippen LogP contribution in [-0.2, 0) is 19.0 Å². The second kappa shape index (κ2) is 7.55. The molecule has 0 aliphatic heterocycles. The molecule has 2 heterocycles. The summed E-state index contributed by atoms with van der Waals surface area (Å²) in [6.45, 7) is 2.02. The Labute approximate surface area is 168 Å². The number of alkyl halides is 3. The van der Waals surface area contributed by atoms with Crippen molar-refractivity contribution in [2.45, 2.75) is 50.4 Å². The number of thioether (sulfide) groups is 1. The predicted octanol–water partition coefficient (Wildman–Crippen LogP) is 5.85. The van der Waals surface area contributed by atoms with E-state index in [1.165, 1.54) is 27.3 Å². The molecule has 1 aromatic carbocycles. The standard InChI is InChI=1S/C20H19F3N2OS2/c1-2-10-27-19-24-17-16(14-8-3-4-9-15(14)28-17)18(26)25(19)13-7-5-6-12(11-13)20(21,22)23/h5-7,11H,2-4,8-10H2,1H3. The molecule has 0 N–H and O–H groups in total. The summed E-state index contributed by atoms with van der Waals surface area (Å²) in [5.41, 5.74) is 0.221. The van der Waals surface area contributed by atoms with Crippen molar-refractivity contribution < 1.29 is 13.2 Å². The number of aromatic nitrogens is 2. The van der Waals surface area contributed by atoms with Gasteiger partial charge in [-0.25, -0.2) is 4.98 Å². The predicted molar refractivity (Wildman–Crippen MR) is 108 cm³/mol. The first-order valence-electron chi connectivity index (χ1n) is 9.28. The quantitative estimate of drug-likeness (QED) is 0.389. The van der Waals surface area contributed by atoms with Gasteiger partial charge in [-0.2, -0.15) is 13.2 Å². The third kappa shape index (κ3) is 3.48. The smallest absolute Gasteiger partial charge is 0.268 e. The molecule has 28 heavy (non-hydrogen) atoms. The number of hydrogen-bond acceptors (Lipinski definition) is 4. The summed E-state index contributed by atoms with van der Waals surface area (Å²) >= 11 is 2.96. The Balaban J connectivity index is 1.98. The number of rotatable bonds is 4. The summed E-state index contributed by atoms with van der Waals surface area (Å²) in [6.07, 6.45) is 0.303. The van der Waals surface area contributed by atoms with Crippen LogP contribution in [-0.4, -0.2) is 15.3 Å². The number of halogens is 3. The Bertz CT molecular complexity index is 1090. The number of nitrogens with zero attached hydrogens (tertiary/aromatic N) is 2. The minimum absolute atomic E-state index is 0.212. The molecule has 0 fully saturated rings. The van der Waals surface area contributed by atoms with E-state index in [9.17, 15) is 18.0 Å². The fourth-order valence-corrected chi connectivity index (χ4v) is 5.70. The highest BCUT2D eigenvalue weighted by molar-refractivity contribution is 7.99. The van der Waals surface area contributed by atoms with Crippen molar-refractivity contribution in [3.8, 4) is 5.69 Å². The minimum atomic E-state index is -4.46. The maximum Gasteiger partial charge on any atom is 0.416 e. The van der Waals surface area contributed by atoms with E-state index >= 15 is 0 Å². The monoisotopic (exact) mass is 424 g/mol. The Morgan fingerprint density at radius 2 is 2.04 bits per heavy atom. The van der Waals surface area contributed by atoms with Gasteiger partial charge in [-0.1, -0.05) is 24.8 Å². The fourth-order valence-electron chi connectivity index (χ4n) is 3.53. The molecule has 0 bridgehead atoms. The van der Waals surface area contributed by atoms with Gasteiger partial charge in [0.1, 0.15) is 4.83 Å². The second-order valence-electron chi connectivity index (χ2n) is 6.82. The number of benzene rings is 1. The van der Waals surface area contributed by atoms with Crippen molar-refractivity contribution >= 4 is 33.3 Å². The van der Waals surface area contributed by atoms with Crippen molar-refractivity contribution in [3.63, 3.8) is 0 Å². The zero-order valence-corrected chi connectivity index (χ0v) is 16.9. The molecular weight excluding hydrogens is 405 g/mol. The van der Waals surface area contributed by atoms with Crippen molar-refractivity contribution in [1.29, 1.82) is 0 Å². The number of thiophene rings is 1. The third-order valence-electron chi connectivity index (χ3n) is 4.83. The van der Waals surface area contributed by atoms with Gasteiger partial charge in [0.05, 0.1) is 16.6 Å². The molecular formula is C20H19F3N2OS2. The first-order valence-corrected chi connectivity index (χ1v) is 11.1. The molecule has 8 heteroatoms. The number of hydrogen-bond donors (Lipinski definition) is 0. The lowest BCUT2D eigenvalue weighted by molar-refractivity contribution is -0.137. The maximum atomic E-state index is 13.4. The van der Waals surface area contributed by atoms with Crippen LogP contribution in [0.15, 0.2) is 34.2 Å². The number of fused-ring (bicyclic) bond motifs is 3. The summed E-state index contributed by atoms with van der Waals surface area (Å²) in [5, 5.41) is 1.04. The lowest BCUT2D eigenvalue weighted by atomic mass is 9.97. The maximum absolute atomic E-state index is 13.4. The highest BCUT2D eigenvalue weighted by atomic mass is 32.2. The summed E-state index contributed by atoms with van der Waals surface area (Å²) < 4.78 is 41.0. The molecule has 4 rings (SSSR count). The number of aryl methyl sites for hydroxylation is 2. The molecule has 0 saturated carbocycles. The molecule has 3 nitrogen and oxygen atoms in total. The molecule has 0 radical (unpaired) electrons. The Morgan fingerprint density at radius 3 is 2.79 bits per heavy atom. The summed E-state index contributed by atoms with van der Waals surface area (Å²) in [4.78, 5) is 20.1. The minimum Gasteiger partial charge on any atom is -0.268 e. The van der Waals surface area contributed by atoms with Crippen LogP contribution < -0.4 is 5.56 Å². The van der Waals surface area contributed by atoms with Crippen LogP contribution in [0.4, 0.5) is 13.2 Å². The van der Waals surface area contributed by atoms with E-state index < -0.39 is 11.7 Å². The van der Waals surface area contributed by atoms with E-state index in [0.29, 0.717) is 15.4 Å². The highest BCUT2D eigenvalue weighted by Crippen LogP contribution is 2.36. The summed E-state index contributed by atoms with van der Waals surface area (Å²) in [6, 6.07) is 4.93. The van der Waals surface area contributed by atoms with Crippen molar-refractivity contribution in [2.75, 3.05) is 5.75 Å². The molecule has 1 aliphatic carbocycles. The summed E-state index contributed by atoms with van der Waals surface area (Å²) in [5.74, 6) is 0.738. The van der Waals surface area contributed by atoms with Gasteiger partial charge in [-0.15, -0.1) is 11.3 Å². The molecule has 3 aromatic rings. The van der Waals surface area contributed by atoms with Gasteiger partial charge < -0.3 is 0 Å². The third-order valence-corrected chi connectivity index (χ3v) is 7.16. The topological polar surface area (TPSA) is 34.9 Å². The van der Waals surface area contributed by atoms with E-state index in [2.05, 4.69) is 0 Å². The first kappa shape index (κ1) is 19.5. The van der Waals surface area contributed by atoms with Crippen LogP contribution in [0.1, 0.15) is 42.2 Å². The average molecular weight is 425 g/mol. The van der Waals surface area contributed by atoms with E-state index in [1.807, 2.05) is 6.92 Å². The van der Waals surface area contributed by atoms with Crippen molar-refractivity contribution in [3.05, 3.63) is 50.6 Å². The molecule has 148 valence electrons. The molecule has 2 aromatic heterocycles. The molecule has 1 aliphatic rings. The second-order valence-corrected chi connectivity index (χ2v) is 8.97. The van der Waals surface area contributed by atoms with Gasteiger partial charge in [0, 0.05) is 10.6 Å². The van der Waals surface area contributed by atoms with Crippen LogP contribution >= 0.6 is 23.1 Å². The van der Waals surface area contributed by atoms with Gasteiger partial charge in [-0.05, 0) is 55.9 Å². The van der Waals surface area contributed by atoms with E-state index in [1.54, 1.807) is 17.4 Å².